The molecule has 1 fully saturated rings. The second kappa shape index (κ2) is 6.07. The predicted octanol–water partition coefficient (Wildman–Crippen LogP) is 4.03. The van der Waals surface area contributed by atoms with E-state index in [2.05, 4.69) is 12.2 Å². The van der Waals surface area contributed by atoms with Crippen LogP contribution in [-0.4, -0.2) is 17.5 Å². The highest BCUT2D eigenvalue weighted by Gasteiger charge is 2.27. The molecule has 1 N–H and O–H groups in total. The summed E-state index contributed by atoms with van der Waals surface area (Å²) >= 11 is 8.15. The summed E-state index contributed by atoms with van der Waals surface area (Å²) < 4.78 is 13.3. The van der Waals surface area contributed by atoms with Gasteiger partial charge in [0, 0.05) is 16.3 Å². The quantitative estimate of drug-likeness (QED) is 0.889. The lowest BCUT2D eigenvalue weighted by Crippen LogP contribution is -2.29. The van der Waals surface area contributed by atoms with E-state index in [0.717, 1.165) is 12.1 Å². The minimum absolute atomic E-state index is 0.163. The van der Waals surface area contributed by atoms with Gasteiger partial charge in [-0.15, -0.1) is 0 Å². The minimum atomic E-state index is -0.213. The summed E-state index contributed by atoms with van der Waals surface area (Å²) in [6.07, 6.45) is 2.42. The van der Waals surface area contributed by atoms with E-state index in [1.165, 1.54) is 24.7 Å². The molecule has 0 aromatic heterocycles. The van der Waals surface area contributed by atoms with Gasteiger partial charge in [0.2, 0.25) is 0 Å². The smallest absolute Gasteiger partial charge is 0.123 e. The zero-order chi connectivity index (χ0) is 12.3. The lowest BCUT2D eigenvalue weighted by atomic mass is 10.0. The summed E-state index contributed by atoms with van der Waals surface area (Å²) in [5.41, 5.74) is 0.896. The molecule has 0 radical (unpaired) electrons. The fourth-order valence-electron chi connectivity index (χ4n) is 2.28. The maximum absolute atomic E-state index is 13.3. The van der Waals surface area contributed by atoms with Crippen molar-refractivity contribution in [2.24, 2.45) is 0 Å². The summed E-state index contributed by atoms with van der Waals surface area (Å²) in [6.45, 7) is 2.94. The Bertz CT molecular complexity index is 380. The number of nitrogens with one attached hydrogen (secondary N) is 1. The molecule has 1 heterocycles. The average molecular weight is 274 g/mol. The van der Waals surface area contributed by atoms with E-state index in [4.69, 9.17) is 11.6 Å². The second-order valence-electron chi connectivity index (χ2n) is 4.25. The van der Waals surface area contributed by atoms with Crippen LogP contribution in [-0.2, 0) is 0 Å². The van der Waals surface area contributed by atoms with E-state index in [1.807, 2.05) is 11.8 Å². The molecule has 0 bridgehead atoms. The zero-order valence-electron chi connectivity index (χ0n) is 9.88. The molecule has 4 heteroatoms. The van der Waals surface area contributed by atoms with Crippen LogP contribution in [0.25, 0.3) is 0 Å². The van der Waals surface area contributed by atoms with Gasteiger partial charge in [-0.05, 0) is 48.9 Å². The van der Waals surface area contributed by atoms with Crippen LogP contribution < -0.4 is 5.32 Å². The molecule has 1 aliphatic rings. The topological polar surface area (TPSA) is 12.0 Å². The molecule has 1 nitrogen and oxygen atoms in total. The van der Waals surface area contributed by atoms with Crippen molar-refractivity contribution in [2.45, 2.75) is 31.1 Å². The van der Waals surface area contributed by atoms with Crippen LogP contribution in [0.5, 0.6) is 0 Å². The van der Waals surface area contributed by atoms with Crippen LogP contribution >= 0.6 is 23.4 Å². The molecule has 2 unspecified atom stereocenters. The molecule has 17 heavy (non-hydrogen) atoms. The summed E-state index contributed by atoms with van der Waals surface area (Å²) in [5, 5.41) is 4.60. The van der Waals surface area contributed by atoms with Crippen LogP contribution in [0.4, 0.5) is 4.39 Å². The van der Waals surface area contributed by atoms with Crippen molar-refractivity contribution in [3.63, 3.8) is 0 Å². The molecule has 1 aromatic carbocycles. The van der Waals surface area contributed by atoms with Crippen molar-refractivity contribution in [1.82, 2.24) is 5.32 Å². The Balaban J connectivity index is 2.27. The Labute approximate surface area is 111 Å². The highest BCUT2D eigenvalue weighted by molar-refractivity contribution is 8.00. The van der Waals surface area contributed by atoms with Gasteiger partial charge < -0.3 is 5.32 Å². The fraction of sp³-hybridized carbons (Fsp3) is 0.538. The van der Waals surface area contributed by atoms with Crippen LogP contribution in [0, 0.1) is 5.82 Å². The molecule has 0 saturated carbocycles. The monoisotopic (exact) mass is 273 g/mol. The van der Waals surface area contributed by atoms with E-state index >= 15 is 0 Å². The van der Waals surface area contributed by atoms with Crippen LogP contribution in [0.1, 0.15) is 31.4 Å². The van der Waals surface area contributed by atoms with Gasteiger partial charge in [0.1, 0.15) is 5.82 Å². The maximum atomic E-state index is 13.3. The van der Waals surface area contributed by atoms with E-state index in [1.54, 1.807) is 12.1 Å². The van der Waals surface area contributed by atoms with E-state index < -0.39 is 0 Å². The predicted molar refractivity (Wildman–Crippen MR) is 73.3 cm³/mol. The third-order valence-corrected chi connectivity index (χ3v) is 4.86. The average Bonchev–Trinajstić information content (AvgIpc) is 2.83. The Hall–Kier alpha value is -0.250. The SMILES string of the molecule is CCNC(c1cc(F)ccc1Cl)C1CCCS1. The van der Waals surface area contributed by atoms with Gasteiger partial charge in [-0.1, -0.05) is 18.5 Å². The Kier molecular flexibility index (Phi) is 4.71. The Morgan fingerprint density at radius 3 is 3.06 bits per heavy atom. The van der Waals surface area contributed by atoms with E-state index in [-0.39, 0.29) is 11.9 Å². The number of benzene rings is 1. The molecule has 1 aliphatic heterocycles. The number of rotatable bonds is 4. The minimum Gasteiger partial charge on any atom is -0.309 e. The molecule has 0 spiro atoms. The van der Waals surface area contributed by atoms with Crippen molar-refractivity contribution in [2.75, 3.05) is 12.3 Å². The highest BCUT2D eigenvalue weighted by Crippen LogP contribution is 2.38. The summed E-state index contributed by atoms with van der Waals surface area (Å²) in [7, 11) is 0. The maximum Gasteiger partial charge on any atom is 0.123 e. The zero-order valence-corrected chi connectivity index (χ0v) is 11.5. The van der Waals surface area contributed by atoms with Crippen molar-refractivity contribution in [3.05, 3.63) is 34.6 Å². The lowest BCUT2D eigenvalue weighted by molar-refractivity contribution is 0.515. The van der Waals surface area contributed by atoms with E-state index in [9.17, 15) is 4.39 Å². The van der Waals surface area contributed by atoms with Gasteiger partial charge in [-0.3, -0.25) is 0 Å². The Morgan fingerprint density at radius 1 is 1.59 bits per heavy atom. The normalized spacial score (nSPS) is 21.7. The summed E-state index contributed by atoms with van der Waals surface area (Å²) in [6, 6.07) is 4.79. The van der Waals surface area contributed by atoms with E-state index in [0.29, 0.717) is 10.3 Å². The third kappa shape index (κ3) is 3.15. The summed E-state index contributed by atoms with van der Waals surface area (Å²) in [4.78, 5) is 0. The van der Waals surface area contributed by atoms with Gasteiger partial charge >= 0.3 is 0 Å². The number of hydrogen-bond donors (Lipinski definition) is 1. The highest BCUT2D eigenvalue weighted by atomic mass is 35.5. The molecule has 1 saturated heterocycles. The molecule has 2 atom stereocenters. The molecule has 2 rings (SSSR count). The van der Waals surface area contributed by atoms with Crippen molar-refractivity contribution < 1.29 is 4.39 Å². The molecule has 0 aliphatic carbocycles. The van der Waals surface area contributed by atoms with Crippen LogP contribution in [0.15, 0.2) is 18.2 Å². The first kappa shape index (κ1) is 13.2. The van der Waals surface area contributed by atoms with Gasteiger partial charge in [0.15, 0.2) is 0 Å². The molecule has 1 aromatic rings. The number of hydrogen-bond acceptors (Lipinski definition) is 2. The van der Waals surface area contributed by atoms with Gasteiger partial charge in [0.25, 0.3) is 0 Å². The van der Waals surface area contributed by atoms with Crippen molar-refractivity contribution >= 4 is 23.4 Å². The van der Waals surface area contributed by atoms with Crippen molar-refractivity contribution in [1.29, 1.82) is 0 Å². The Morgan fingerprint density at radius 2 is 2.41 bits per heavy atom. The number of halogens is 2. The number of thioether (sulfide) groups is 1. The standard InChI is InChI=1S/C13H17ClFNS/c1-2-16-13(12-4-3-7-17-12)10-8-9(15)5-6-11(10)14/h5-6,8,12-13,16H,2-4,7H2,1H3. The second-order valence-corrected chi connectivity index (χ2v) is 6.01. The molecule has 94 valence electrons. The van der Waals surface area contributed by atoms with Crippen LogP contribution in [0.3, 0.4) is 0 Å². The summed E-state index contributed by atoms with van der Waals surface area (Å²) in [5.74, 6) is 0.981. The lowest BCUT2D eigenvalue weighted by Gasteiger charge is -2.25. The van der Waals surface area contributed by atoms with Gasteiger partial charge in [-0.25, -0.2) is 4.39 Å². The molecule has 0 amide bonds. The fourth-order valence-corrected chi connectivity index (χ4v) is 3.92. The van der Waals surface area contributed by atoms with Crippen molar-refractivity contribution in [3.8, 4) is 0 Å². The molecular formula is C13H17ClFNS. The first-order chi connectivity index (χ1) is 8.22. The largest absolute Gasteiger partial charge is 0.309 e. The first-order valence-corrected chi connectivity index (χ1v) is 7.45. The molecular weight excluding hydrogens is 257 g/mol. The first-order valence-electron chi connectivity index (χ1n) is 6.02. The van der Waals surface area contributed by atoms with Gasteiger partial charge in [0.05, 0.1) is 0 Å². The third-order valence-electron chi connectivity index (χ3n) is 3.05. The van der Waals surface area contributed by atoms with Crippen LogP contribution in [0.2, 0.25) is 5.02 Å². The van der Waals surface area contributed by atoms with Gasteiger partial charge in [-0.2, -0.15) is 11.8 Å².